The Balaban J connectivity index is 2.04. The number of nitrogens with zero attached hydrogens (tertiary/aromatic N) is 1. The second kappa shape index (κ2) is 9.20. The Hall–Kier alpha value is -3.40. The van der Waals surface area contributed by atoms with Crippen molar-refractivity contribution in [2.45, 2.75) is 33.3 Å². The quantitative estimate of drug-likeness (QED) is 0.536. The van der Waals surface area contributed by atoms with E-state index in [2.05, 4.69) is 15.6 Å². The Morgan fingerprint density at radius 1 is 1.10 bits per heavy atom. The average molecular weight is 418 g/mol. The lowest BCUT2D eigenvalue weighted by atomic mass is 10.2. The van der Waals surface area contributed by atoms with Gasteiger partial charge in [-0.25, -0.2) is 14.6 Å². The van der Waals surface area contributed by atoms with Crippen molar-refractivity contribution < 1.29 is 24.2 Å². The van der Waals surface area contributed by atoms with E-state index in [1.807, 2.05) is 12.2 Å². The van der Waals surface area contributed by atoms with Gasteiger partial charge in [0.2, 0.25) is 0 Å². The Labute approximate surface area is 173 Å². The molecule has 10 heteroatoms. The number of benzene rings is 1. The van der Waals surface area contributed by atoms with Crippen LogP contribution in [0.25, 0.3) is 0 Å². The first-order valence-corrected chi connectivity index (χ1v) is 8.98. The minimum absolute atomic E-state index is 0.0879. The summed E-state index contributed by atoms with van der Waals surface area (Å²) in [7, 11) is 0. The van der Waals surface area contributed by atoms with Gasteiger partial charge in [0.15, 0.2) is 5.11 Å². The van der Waals surface area contributed by atoms with Crippen LogP contribution in [0.2, 0.25) is 0 Å². The largest absolute Gasteiger partial charge is 0.465 e. The molecule has 0 aliphatic carbocycles. The molecule has 1 aromatic carbocycles. The van der Waals surface area contributed by atoms with E-state index in [-0.39, 0.29) is 5.11 Å². The molecule has 2 amide bonds. The van der Waals surface area contributed by atoms with Crippen molar-refractivity contribution in [1.82, 2.24) is 10.3 Å². The van der Waals surface area contributed by atoms with E-state index < -0.39 is 17.8 Å². The molecule has 0 spiro atoms. The molecule has 2 aromatic rings. The number of pyridine rings is 1. The van der Waals surface area contributed by atoms with Crippen LogP contribution in [-0.4, -0.2) is 33.0 Å². The van der Waals surface area contributed by atoms with Crippen molar-refractivity contribution in [3.63, 3.8) is 0 Å². The number of ether oxygens (including phenoxy) is 2. The maximum absolute atomic E-state index is 12.0. The first kappa shape index (κ1) is 21.9. The van der Waals surface area contributed by atoms with Crippen molar-refractivity contribution in [2.24, 2.45) is 0 Å². The molecule has 1 heterocycles. The fourth-order valence-electron chi connectivity index (χ4n) is 2.11. The summed E-state index contributed by atoms with van der Waals surface area (Å²) < 4.78 is 11.0. The van der Waals surface area contributed by atoms with Crippen LogP contribution in [0.5, 0.6) is 11.5 Å². The van der Waals surface area contributed by atoms with Crippen molar-refractivity contribution in [2.75, 3.05) is 10.6 Å². The first-order valence-electron chi connectivity index (χ1n) is 8.57. The number of aryl methyl sites for hydroxylation is 1. The molecule has 29 heavy (non-hydrogen) atoms. The fourth-order valence-corrected chi connectivity index (χ4v) is 2.30. The number of aromatic nitrogens is 1. The summed E-state index contributed by atoms with van der Waals surface area (Å²) in [5, 5.41) is 15.9. The molecule has 154 valence electrons. The van der Waals surface area contributed by atoms with Gasteiger partial charge >= 0.3 is 12.2 Å². The number of thiocarbonyl (C=S) groups is 1. The number of nitrogens with one attached hydrogen (secondary N) is 3. The lowest BCUT2D eigenvalue weighted by Crippen LogP contribution is -2.32. The molecule has 2 rings (SSSR count). The van der Waals surface area contributed by atoms with E-state index >= 15 is 0 Å². The monoisotopic (exact) mass is 418 g/mol. The van der Waals surface area contributed by atoms with Crippen LogP contribution in [0.1, 0.15) is 26.3 Å². The zero-order valence-corrected chi connectivity index (χ0v) is 17.2. The summed E-state index contributed by atoms with van der Waals surface area (Å²) in [4.78, 5) is 26.6. The van der Waals surface area contributed by atoms with Crippen molar-refractivity contribution in [3.8, 4) is 11.5 Å². The molecule has 1 aromatic heterocycles. The molecule has 4 N–H and O–H groups in total. The highest BCUT2D eigenvalue weighted by Gasteiger charge is 2.17. The maximum Gasteiger partial charge on any atom is 0.412 e. The van der Waals surface area contributed by atoms with E-state index in [1.165, 1.54) is 6.20 Å². The third-order valence-electron chi connectivity index (χ3n) is 3.28. The van der Waals surface area contributed by atoms with E-state index in [1.54, 1.807) is 51.1 Å². The average Bonchev–Trinajstić information content (AvgIpc) is 2.57. The van der Waals surface area contributed by atoms with Crippen LogP contribution in [0.4, 0.5) is 21.1 Å². The number of hydrogen-bond donors (Lipinski definition) is 4. The highest BCUT2D eigenvalue weighted by molar-refractivity contribution is 7.80. The molecule has 0 atom stereocenters. The summed E-state index contributed by atoms with van der Waals surface area (Å²) >= 11 is 4.82. The number of carboxylic acid groups (broad SMARTS) is 1. The molecule has 0 radical (unpaired) electrons. The summed E-state index contributed by atoms with van der Waals surface area (Å²) in [6.07, 6.45) is -0.370. The lowest BCUT2D eigenvalue weighted by molar-refractivity contribution is 0.0635. The van der Waals surface area contributed by atoms with Crippen molar-refractivity contribution in [1.29, 1.82) is 0 Å². The topological polar surface area (TPSA) is 122 Å². The van der Waals surface area contributed by atoms with E-state index in [0.29, 0.717) is 23.0 Å². The zero-order valence-electron chi connectivity index (χ0n) is 16.4. The molecule has 0 saturated carbocycles. The van der Waals surface area contributed by atoms with Crippen LogP contribution in [0.3, 0.4) is 0 Å². The molecular formula is C19H22N4O5S. The van der Waals surface area contributed by atoms with Gasteiger partial charge in [-0.3, -0.25) is 10.6 Å². The van der Waals surface area contributed by atoms with Gasteiger partial charge in [0.1, 0.15) is 22.9 Å². The Morgan fingerprint density at radius 3 is 2.38 bits per heavy atom. The molecule has 9 nitrogen and oxygen atoms in total. The van der Waals surface area contributed by atoms with Gasteiger partial charge in [-0.2, -0.15) is 0 Å². The van der Waals surface area contributed by atoms with Crippen LogP contribution in [-0.2, 0) is 4.74 Å². The summed E-state index contributed by atoms with van der Waals surface area (Å²) in [6, 6.07) is 8.46. The Kier molecular flexibility index (Phi) is 6.94. The molecule has 0 unspecified atom stereocenters. The number of hydrogen-bond acceptors (Lipinski definition) is 6. The molecular weight excluding hydrogens is 396 g/mol. The summed E-state index contributed by atoms with van der Waals surface area (Å²) in [6.45, 7) is 7.21. The van der Waals surface area contributed by atoms with Gasteiger partial charge in [0, 0.05) is 6.07 Å². The van der Waals surface area contributed by atoms with E-state index in [4.69, 9.17) is 26.8 Å². The number of rotatable bonds is 4. The van der Waals surface area contributed by atoms with Crippen LogP contribution in [0.15, 0.2) is 36.5 Å². The standard InChI is InChI=1S/C19H22N4O5S/c1-11-5-6-12(9-14(11)21-18(26)28-19(2,3)4)27-13-7-8-15(20-10-13)22-16(29)23-17(24)25/h5-10H,1-4H3,(H,21,26)(H,24,25)(H2,20,22,23,29). The Morgan fingerprint density at radius 2 is 1.79 bits per heavy atom. The van der Waals surface area contributed by atoms with Gasteiger partial charge in [-0.15, -0.1) is 0 Å². The van der Waals surface area contributed by atoms with Gasteiger partial charge in [0.25, 0.3) is 0 Å². The van der Waals surface area contributed by atoms with Crippen molar-refractivity contribution in [3.05, 3.63) is 42.1 Å². The number of carbonyl (C=O) groups is 2. The molecule has 0 fully saturated rings. The van der Waals surface area contributed by atoms with Gasteiger partial charge in [-0.1, -0.05) is 6.07 Å². The molecule has 0 saturated heterocycles. The first-order chi connectivity index (χ1) is 13.5. The highest BCUT2D eigenvalue weighted by Crippen LogP contribution is 2.27. The molecule has 0 aliphatic rings. The molecule has 0 aliphatic heterocycles. The smallest absolute Gasteiger partial charge is 0.412 e. The SMILES string of the molecule is Cc1ccc(Oc2ccc(NC(=S)NC(=O)O)nc2)cc1NC(=O)OC(C)(C)C. The predicted molar refractivity (Wildman–Crippen MR) is 113 cm³/mol. The minimum Gasteiger partial charge on any atom is -0.465 e. The summed E-state index contributed by atoms with van der Waals surface area (Å²) in [5.41, 5.74) is 0.809. The number of amides is 2. The van der Waals surface area contributed by atoms with Gasteiger partial charge in [0.05, 0.1) is 11.9 Å². The maximum atomic E-state index is 12.0. The lowest BCUT2D eigenvalue weighted by Gasteiger charge is -2.20. The van der Waals surface area contributed by atoms with Crippen LogP contribution < -0.4 is 20.7 Å². The minimum atomic E-state index is -1.27. The van der Waals surface area contributed by atoms with Crippen LogP contribution in [0, 0.1) is 6.92 Å². The van der Waals surface area contributed by atoms with Crippen LogP contribution >= 0.6 is 12.2 Å². The molecule has 0 bridgehead atoms. The third kappa shape index (κ3) is 7.62. The van der Waals surface area contributed by atoms with E-state index in [0.717, 1.165) is 5.56 Å². The highest BCUT2D eigenvalue weighted by atomic mass is 32.1. The fraction of sp³-hybridized carbons (Fsp3) is 0.263. The number of anilines is 2. The summed E-state index contributed by atoms with van der Waals surface area (Å²) in [5.74, 6) is 1.29. The second-order valence-electron chi connectivity index (χ2n) is 6.97. The zero-order chi connectivity index (χ0) is 21.6. The Bertz CT molecular complexity index is 910. The van der Waals surface area contributed by atoms with Gasteiger partial charge in [-0.05, 0) is 63.7 Å². The van der Waals surface area contributed by atoms with Gasteiger partial charge < -0.3 is 19.9 Å². The normalized spacial score (nSPS) is 10.6. The predicted octanol–water partition coefficient (Wildman–Crippen LogP) is 4.49. The van der Waals surface area contributed by atoms with Crippen molar-refractivity contribution >= 4 is 41.0 Å². The second-order valence-corrected chi connectivity index (χ2v) is 7.38. The third-order valence-corrected chi connectivity index (χ3v) is 3.48. The number of carbonyl (C=O) groups excluding carboxylic acids is 1. The van der Waals surface area contributed by atoms with E-state index in [9.17, 15) is 9.59 Å².